The third-order valence-corrected chi connectivity index (χ3v) is 5.06. The first-order valence-corrected chi connectivity index (χ1v) is 8.16. The highest BCUT2D eigenvalue weighted by Gasteiger charge is 2.50. The largest absolute Gasteiger partial charge is 0.355 e. The summed E-state index contributed by atoms with van der Waals surface area (Å²) < 4.78 is 0.875. The molecule has 1 aromatic heterocycles. The molecule has 0 unspecified atom stereocenters. The van der Waals surface area contributed by atoms with E-state index < -0.39 is 17.5 Å². The van der Waals surface area contributed by atoms with Gasteiger partial charge in [0.15, 0.2) is 5.54 Å². The summed E-state index contributed by atoms with van der Waals surface area (Å²) in [6.45, 7) is 3.85. The Morgan fingerprint density at radius 2 is 2.19 bits per heavy atom. The molecule has 4 amide bonds. The van der Waals surface area contributed by atoms with Crippen LogP contribution in [0.2, 0.25) is 0 Å². The molecule has 0 radical (unpaired) electrons. The van der Waals surface area contributed by atoms with Gasteiger partial charge < -0.3 is 10.6 Å². The normalized spacial score (nSPS) is 21.6. The Morgan fingerprint density at radius 1 is 1.48 bits per heavy atom. The Bertz CT molecular complexity index is 589. The maximum atomic E-state index is 12.5. The fraction of sp³-hybridized carbons (Fsp3) is 0.462. The van der Waals surface area contributed by atoms with E-state index in [0.29, 0.717) is 6.54 Å². The number of hydrogen-bond donors (Lipinski definition) is 2. The smallest absolute Gasteiger partial charge is 0.325 e. The highest BCUT2D eigenvalue weighted by molar-refractivity contribution is 9.11. The third kappa shape index (κ3) is 3.11. The van der Waals surface area contributed by atoms with Crippen molar-refractivity contribution >= 4 is 45.1 Å². The van der Waals surface area contributed by atoms with Crippen LogP contribution in [0.15, 0.2) is 15.9 Å². The number of imide groups is 1. The Morgan fingerprint density at radius 3 is 2.76 bits per heavy atom. The molecule has 1 atom stereocenters. The summed E-state index contributed by atoms with van der Waals surface area (Å²) in [5.41, 5.74) is -1.11. The second-order valence-electron chi connectivity index (χ2n) is 4.90. The van der Waals surface area contributed by atoms with Gasteiger partial charge in [-0.25, -0.2) is 4.79 Å². The van der Waals surface area contributed by atoms with E-state index >= 15 is 0 Å². The van der Waals surface area contributed by atoms with Crippen molar-refractivity contribution in [3.05, 3.63) is 20.8 Å². The number of hydrogen-bond acceptors (Lipinski definition) is 4. The molecular weight excluding hydrogens is 358 g/mol. The lowest BCUT2D eigenvalue weighted by atomic mass is 10.0. The van der Waals surface area contributed by atoms with Crippen LogP contribution in [0.1, 0.15) is 25.1 Å². The topological polar surface area (TPSA) is 78.5 Å². The van der Waals surface area contributed by atoms with Gasteiger partial charge >= 0.3 is 6.03 Å². The molecule has 0 saturated carbocycles. The molecule has 8 heteroatoms. The van der Waals surface area contributed by atoms with Gasteiger partial charge in [0.1, 0.15) is 6.54 Å². The van der Waals surface area contributed by atoms with E-state index in [1.54, 1.807) is 13.0 Å². The fourth-order valence-electron chi connectivity index (χ4n) is 2.05. The van der Waals surface area contributed by atoms with Crippen LogP contribution in [-0.4, -0.2) is 35.8 Å². The van der Waals surface area contributed by atoms with Gasteiger partial charge in [0.25, 0.3) is 5.91 Å². The molecule has 1 saturated heterocycles. The Balaban J connectivity index is 2.14. The number of urea groups is 1. The molecular formula is C13H16BrN3O3S. The van der Waals surface area contributed by atoms with Crippen LogP contribution in [-0.2, 0) is 15.1 Å². The van der Waals surface area contributed by atoms with Gasteiger partial charge in [0, 0.05) is 11.4 Å². The first kappa shape index (κ1) is 16.0. The SMILES string of the molecule is CCCNC(=O)CN1C(=O)N[C@](C)(c2ccc(Br)s2)C1=O. The molecule has 1 aliphatic heterocycles. The zero-order chi connectivity index (χ0) is 15.6. The van der Waals surface area contributed by atoms with E-state index in [2.05, 4.69) is 26.6 Å². The summed E-state index contributed by atoms with van der Waals surface area (Å²) in [5.74, 6) is -0.745. The zero-order valence-electron chi connectivity index (χ0n) is 11.7. The van der Waals surface area contributed by atoms with Crippen molar-refractivity contribution in [2.75, 3.05) is 13.1 Å². The van der Waals surface area contributed by atoms with E-state index in [9.17, 15) is 14.4 Å². The maximum absolute atomic E-state index is 12.5. The van der Waals surface area contributed by atoms with Crippen LogP contribution < -0.4 is 10.6 Å². The lowest BCUT2D eigenvalue weighted by molar-refractivity contribution is -0.134. The van der Waals surface area contributed by atoms with Crippen LogP contribution in [0.5, 0.6) is 0 Å². The Hall–Kier alpha value is -1.41. The van der Waals surface area contributed by atoms with Gasteiger partial charge in [-0.15, -0.1) is 11.3 Å². The van der Waals surface area contributed by atoms with Crippen LogP contribution in [0, 0.1) is 0 Å². The summed E-state index contributed by atoms with van der Waals surface area (Å²) in [4.78, 5) is 37.9. The minimum atomic E-state index is -1.11. The average Bonchev–Trinajstić information content (AvgIpc) is 2.95. The maximum Gasteiger partial charge on any atom is 0.325 e. The highest BCUT2D eigenvalue weighted by Crippen LogP contribution is 2.35. The van der Waals surface area contributed by atoms with E-state index in [0.717, 1.165) is 20.0 Å². The van der Waals surface area contributed by atoms with E-state index in [1.165, 1.54) is 11.3 Å². The van der Waals surface area contributed by atoms with Gasteiger partial charge in [-0.1, -0.05) is 6.92 Å². The average molecular weight is 374 g/mol. The molecule has 1 aromatic rings. The monoisotopic (exact) mass is 373 g/mol. The second-order valence-corrected chi connectivity index (χ2v) is 7.36. The molecule has 2 rings (SSSR count). The van der Waals surface area contributed by atoms with Crippen molar-refractivity contribution in [1.29, 1.82) is 0 Å². The molecule has 0 aliphatic carbocycles. The van der Waals surface area contributed by atoms with Crippen molar-refractivity contribution in [3.8, 4) is 0 Å². The summed E-state index contributed by atoms with van der Waals surface area (Å²) in [5, 5.41) is 5.32. The third-order valence-electron chi connectivity index (χ3n) is 3.21. The Labute approximate surface area is 135 Å². The zero-order valence-corrected chi connectivity index (χ0v) is 14.1. The van der Waals surface area contributed by atoms with Crippen molar-refractivity contribution in [2.24, 2.45) is 0 Å². The van der Waals surface area contributed by atoms with E-state index in [-0.39, 0.29) is 12.5 Å². The molecule has 2 N–H and O–H groups in total. The van der Waals surface area contributed by atoms with Crippen LogP contribution in [0.3, 0.4) is 0 Å². The minimum Gasteiger partial charge on any atom is -0.355 e. The van der Waals surface area contributed by atoms with Crippen LogP contribution in [0.4, 0.5) is 4.79 Å². The lowest BCUT2D eigenvalue weighted by Gasteiger charge is -2.19. The van der Waals surface area contributed by atoms with E-state index in [1.807, 2.05) is 13.0 Å². The van der Waals surface area contributed by atoms with Crippen molar-refractivity contribution < 1.29 is 14.4 Å². The number of carbonyl (C=O) groups is 3. The second kappa shape index (κ2) is 6.15. The highest BCUT2D eigenvalue weighted by atomic mass is 79.9. The lowest BCUT2D eigenvalue weighted by Crippen LogP contribution is -2.43. The molecule has 2 heterocycles. The van der Waals surface area contributed by atoms with Gasteiger partial charge in [-0.05, 0) is 41.4 Å². The fourth-order valence-corrected chi connectivity index (χ4v) is 3.53. The van der Waals surface area contributed by atoms with Crippen molar-refractivity contribution in [1.82, 2.24) is 15.5 Å². The minimum absolute atomic E-state index is 0.257. The summed E-state index contributed by atoms with van der Waals surface area (Å²) in [7, 11) is 0. The molecule has 0 aromatic carbocycles. The number of rotatable bonds is 5. The summed E-state index contributed by atoms with van der Waals surface area (Å²) in [6.07, 6.45) is 0.798. The molecule has 1 fully saturated rings. The molecule has 6 nitrogen and oxygen atoms in total. The van der Waals surface area contributed by atoms with Gasteiger partial charge in [0.2, 0.25) is 5.91 Å². The molecule has 21 heavy (non-hydrogen) atoms. The quantitative estimate of drug-likeness (QED) is 0.772. The first-order chi connectivity index (χ1) is 9.88. The summed E-state index contributed by atoms with van der Waals surface area (Å²) >= 11 is 4.72. The standard InChI is InChI=1S/C13H16BrN3O3S/c1-3-6-15-10(18)7-17-11(19)13(2,16-12(17)20)8-4-5-9(14)21-8/h4-5H,3,6-7H2,1-2H3,(H,15,18)(H,16,20)/t13-/m1/s1. The predicted molar refractivity (Wildman–Crippen MR) is 82.9 cm³/mol. The molecule has 114 valence electrons. The predicted octanol–water partition coefficient (Wildman–Crippen LogP) is 1.80. The number of thiophene rings is 1. The number of carbonyl (C=O) groups excluding carboxylic acids is 3. The van der Waals surface area contributed by atoms with Crippen molar-refractivity contribution in [3.63, 3.8) is 0 Å². The van der Waals surface area contributed by atoms with Crippen LogP contribution in [0.25, 0.3) is 0 Å². The van der Waals surface area contributed by atoms with Crippen LogP contribution >= 0.6 is 27.3 Å². The molecule has 0 spiro atoms. The van der Waals surface area contributed by atoms with Crippen molar-refractivity contribution in [2.45, 2.75) is 25.8 Å². The molecule has 1 aliphatic rings. The Kier molecular flexibility index (Phi) is 4.67. The van der Waals surface area contributed by atoms with E-state index in [4.69, 9.17) is 0 Å². The first-order valence-electron chi connectivity index (χ1n) is 6.55. The number of halogens is 1. The number of amides is 4. The van der Waals surface area contributed by atoms with Gasteiger partial charge in [-0.3, -0.25) is 14.5 Å². The number of nitrogens with one attached hydrogen (secondary N) is 2. The van der Waals surface area contributed by atoms with Gasteiger partial charge in [0.05, 0.1) is 3.79 Å². The van der Waals surface area contributed by atoms with Gasteiger partial charge in [-0.2, -0.15) is 0 Å². The number of nitrogens with zero attached hydrogens (tertiary/aromatic N) is 1. The molecule has 0 bridgehead atoms. The summed E-state index contributed by atoms with van der Waals surface area (Å²) in [6, 6.07) is 3.06.